The van der Waals surface area contributed by atoms with Gasteiger partial charge in [0.05, 0.1) is 5.69 Å². The minimum absolute atomic E-state index is 0.598. The summed E-state index contributed by atoms with van der Waals surface area (Å²) in [6.07, 6.45) is 6.80. The summed E-state index contributed by atoms with van der Waals surface area (Å²) in [5.41, 5.74) is 2.60. The molecule has 1 aromatic rings. The predicted octanol–water partition coefficient (Wildman–Crippen LogP) is 3.56. The normalized spacial score (nSPS) is 23.4. The maximum atomic E-state index is 4.59. The van der Waals surface area contributed by atoms with Gasteiger partial charge >= 0.3 is 0 Å². The summed E-state index contributed by atoms with van der Waals surface area (Å²) in [4.78, 5) is 0. The van der Waals surface area contributed by atoms with E-state index < -0.39 is 0 Å². The third kappa shape index (κ3) is 4.08. The Bertz CT molecular complexity index is 408. The molecule has 1 aliphatic carbocycles. The van der Waals surface area contributed by atoms with Crippen molar-refractivity contribution in [1.29, 1.82) is 0 Å². The van der Waals surface area contributed by atoms with Gasteiger partial charge in [0.15, 0.2) is 0 Å². The summed E-state index contributed by atoms with van der Waals surface area (Å²) in [6.45, 7) is 11.0. The van der Waals surface area contributed by atoms with Gasteiger partial charge in [-0.1, -0.05) is 26.7 Å². The number of hydrogen-bond donors (Lipinski definition) is 1. The van der Waals surface area contributed by atoms with Crippen LogP contribution in [0.1, 0.15) is 57.8 Å². The number of aryl methyl sites for hydroxylation is 2. The van der Waals surface area contributed by atoms with Crippen LogP contribution in [0.25, 0.3) is 0 Å². The largest absolute Gasteiger partial charge is 0.314 e. The van der Waals surface area contributed by atoms with E-state index in [-0.39, 0.29) is 0 Å². The van der Waals surface area contributed by atoms with Crippen LogP contribution >= 0.6 is 0 Å². The highest BCUT2D eigenvalue weighted by atomic mass is 15.3. The molecule has 2 rings (SSSR count). The number of nitrogens with zero attached hydrogens (tertiary/aromatic N) is 2. The second-order valence-electron chi connectivity index (χ2n) is 6.66. The van der Waals surface area contributed by atoms with Crippen molar-refractivity contribution in [1.82, 2.24) is 15.1 Å². The maximum Gasteiger partial charge on any atom is 0.0596 e. The summed E-state index contributed by atoms with van der Waals surface area (Å²) in [6, 6.07) is 2.88. The second-order valence-corrected chi connectivity index (χ2v) is 6.66. The number of nitrogens with one attached hydrogen (secondary N) is 1. The molecule has 0 radical (unpaired) electrons. The van der Waals surface area contributed by atoms with E-state index in [0.29, 0.717) is 6.04 Å². The fraction of sp³-hybridized carbons (Fsp3) is 0.824. The van der Waals surface area contributed by atoms with Gasteiger partial charge in [0.1, 0.15) is 0 Å². The molecule has 0 amide bonds. The number of aromatic nitrogens is 2. The van der Waals surface area contributed by atoms with Crippen LogP contribution in [0, 0.1) is 18.8 Å². The molecule has 1 aromatic heterocycles. The molecule has 0 aliphatic heterocycles. The van der Waals surface area contributed by atoms with E-state index in [4.69, 9.17) is 0 Å². The monoisotopic (exact) mass is 277 g/mol. The highest BCUT2D eigenvalue weighted by Crippen LogP contribution is 2.32. The minimum atomic E-state index is 0.598. The number of rotatable bonds is 6. The van der Waals surface area contributed by atoms with E-state index in [2.05, 4.69) is 48.9 Å². The Balaban J connectivity index is 2.00. The van der Waals surface area contributed by atoms with Crippen LogP contribution in [0.3, 0.4) is 0 Å². The van der Waals surface area contributed by atoms with Crippen molar-refractivity contribution in [2.75, 3.05) is 6.54 Å². The molecule has 2 unspecified atom stereocenters. The third-order valence-electron chi connectivity index (χ3n) is 4.61. The van der Waals surface area contributed by atoms with E-state index in [1.165, 1.54) is 44.3 Å². The van der Waals surface area contributed by atoms with Gasteiger partial charge < -0.3 is 5.32 Å². The van der Waals surface area contributed by atoms with Crippen LogP contribution in [0.4, 0.5) is 0 Å². The highest BCUT2D eigenvalue weighted by Gasteiger charge is 2.26. The summed E-state index contributed by atoms with van der Waals surface area (Å²) in [5.74, 6) is 1.67. The first-order valence-corrected chi connectivity index (χ1v) is 8.36. The average molecular weight is 277 g/mol. The molecular formula is C17H31N3. The van der Waals surface area contributed by atoms with Gasteiger partial charge in [0.25, 0.3) is 0 Å². The Labute approximate surface area is 124 Å². The Morgan fingerprint density at radius 1 is 1.30 bits per heavy atom. The lowest BCUT2D eigenvalue weighted by Gasteiger charge is -2.32. The lowest BCUT2D eigenvalue weighted by molar-refractivity contribution is 0.221. The molecular weight excluding hydrogens is 246 g/mol. The van der Waals surface area contributed by atoms with Crippen molar-refractivity contribution in [3.8, 4) is 0 Å². The van der Waals surface area contributed by atoms with Crippen molar-refractivity contribution in [2.45, 2.75) is 72.4 Å². The van der Waals surface area contributed by atoms with Crippen LogP contribution in [-0.4, -0.2) is 22.4 Å². The predicted molar refractivity (Wildman–Crippen MR) is 84.9 cm³/mol. The van der Waals surface area contributed by atoms with Gasteiger partial charge in [-0.05, 0) is 57.6 Å². The number of hydrogen-bond acceptors (Lipinski definition) is 2. The Morgan fingerprint density at radius 3 is 2.65 bits per heavy atom. The molecule has 0 spiro atoms. The summed E-state index contributed by atoms with van der Waals surface area (Å²) >= 11 is 0. The molecule has 0 aromatic carbocycles. The van der Waals surface area contributed by atoms with Gasteiger partial charge in [0.2, 0.25) is 0 Å². The van der Waals surface area contributed by atoms with Crippen molar-refractivity contribution in [3.63, 3.8) is 0 Å². The molecule has 0 bridgehead atoms. The minimum Gasteiger partial charge on any atom is -0.314 e. The lowest BCUT2D eigenvalue weighted by atomic mass is 9.76. The first-order chi connectivity index (χ1) is 9.60. The Morgan fingerprint density at radius 2 is 2.00 bits per heavy atom. The van der Waals surface area contributed by atoms with E-state index in [1.54, 1.807) is 0 Å². The molecule has 1 aliphatic rings. The summed E-state index contributed by atoms with van der Waals surface area (Å²) < 4.78 is 2.19. The van der Waals surface area contributed by atoms with Gasteiger partial charge in [-0.25, -0.2) is 0 Å². The summed E-state index contributed by atoms with van der Waals surface area (Å²) in [5, 5.41) is 8.24. The second kappa shape index (κ2) is 7.26. The standard InChI is InChI=1S/C17H31N3/c1-5-20-17(10-14(4)19-20)11-15-8-6-7-9-16(15)12-18-13(2)3/h10,13,15-16,18H,5-9,11-12H2,1-4H3. The molecule has 1 fully saturated rings. The van der Waals surface area contributed by atoms with Crippen molar-refractivity contribution < 1.29 is 0 Å². The fourth-order valence-corrected chi connectivity index (χ4v) is 3.51. The van der Waals surface area contributed by atoms with Crippen LogP contribution in [0.2, 0.25) is 0 Å². The molecule has 1 saturated carbocycles. The van der Waals surface area contributed by atoms with Crippen LogP contribution < -0.4 is 5.32 Å². The van der Waals surface area contributed by atoms with Crippen LogP contribution in [0.15, 0.2) is 6.07 Å². The molecule has 2 atom stereocenters. The maximum absolute atomic E-state index is 4.59. The quantitative estimate of drug-likeness (QED) is 0.861. The molecule has 1 heterocycles. The lowest BCUT2D eigenvalue weighted by Crippen LogP contribution is -2.35. The third-order valence-corrected chi connectivity index (χ3v) is 4.61. The van der Waals surface area contributed by atoms with Crippen LogP contribution in [0.5, 0.6) is 0 Å². The fourth-order valence-electron chi connectivity index (χ4n) is 3.51. The molecule has 20 heavy (non-hydrogen) atoms. The topological polar surface area (TPSA) is 29.9 Å². The molecule has 0 saturated heterocycles. The first kappa shape index (κ1) is 15.6. The smallest absolute Gasteiger partial charge is 0.0596 e. The van der Waals surface area contributed by atoms with Gasteiger partial charge in [0, 0.05) is 18.3 Å². The zero-order valence-corrected chi connectivity index (χ0v) is 13.7. The van der Waals surface area contributed by atoms with Crippen molar-refractivity contribution in [2.24, 2.45) is 11.8 Å². The Hall–Kier alpha value is -0.830. The highest BCUT2D eigenvalue weighted by molar-refractivity contribution is 5.10. The van der Waals surface area contributed by atoms with E-state index in [1.807, 2.05) is 0 Å². The SMILES string of the molecule is CCn1nc(C)cc1CC1CCCCC1CNC(C)C. The van der Waals surface area contributed by atoms with Crippen LogP contribution in [-0.2, 0) is 13.0 Å². The molecule has 3 nitrogen and oxygen atoms in total. The Kier molecular flexibility index (Phi) is 5.64. The van der Waals surface area contributed by atoms with Crippen molar-refractivity contribution >= 4 is 0 Å². The zero-order valence-electron chi connectivity index (χ0n) is 13.7. The van der Waals surface area contributed by atoms with E-state index >= 15 is 0 Å². The molecule has 3 heteroatoms. The van der Waals surface area contributed by atoms with Gasteiger partial charge in [-0.3, -0.25) is 4.68 Å². The van der Waals surface area contributed by atoms with E-state index in [0.717, 1.165) is 24.1 Å². The zero-order chi connectivity index (χ0) is 14.5. The summed E-state index contributed by atoms with van der Waals surface area (Å²) in [7, 11) is 0. The van der Waals surface area contributed by atoms with Gasteiger partial charge in [-0.2, -0.15) is 5.10 Å². The molecule has 114 valence electrons. The first-order valence-electron chi connectivity index (χ1n) is 8.36. The van der Waals surface area contributed by atoms with Crippen molar-refractivity contribution in [3.05, 3.63) is 17.5 Å². The average Bonchev–Trinajstić information content (AvgIpc) is 2.77. The van der Waals surface area contributed by atoms with Gasteiger partial charge in [-0.15, -0.1) is 0 Å². The van der Waals surface area contributed by atoms with E-state index in [9.17, 15) is 0 Å². The molecule has 1 N–H and O–H groups in total.